The number of piperidine rings is 1. The molecule has 1 aliphatic heterocycles. The third-order valence-electron chi connectivity index (χ3n) is 5.55. The first-order valence-corrected chi connectivity index (χ1v) is 11.5. The highest BCUT2D eigenvalue weighted by atomic mass is 32.2. The van der Waals surface area contributed by atoms with E-state index in [1.165, 1.54) is 10.4 Å². The summed E-state index contributed by atoms with van der Waals surface area (Å²) in [5.74, 6) is -0.896. The van der Waals surface area contributed by atoms with E-state index in [-0.39, 0.29) is 25.4 Å². The Morgan fingerprint density at radius 1 is 1.13 bits per heavy atom. The molecule has 0 aliphatic carbocycles. The molecule has 2 aromatic carbocycles. The Morgan fingerprint density at radius 3 is 2.29 bits per heavy atom. The van der Waals surface area contributed by atoms with Crippen LogP contribution in [0.4, 0.5) is 5.69 Å². The molecule has 9 heteroatoms. The zero-order valence-electron chi connectivity index (χ0n) is 17.8. The molecule has 0 radical (unpaired) electrons. The standard InChI is InChI=1S/C22H26N2O6S/c1-15-12-16(2)21(17(3)13-15)31(28,29)23-10-8-18(9-11-23)22(25)30-14-19-6-4-5-7-20(19)24(26)27/h4-7,12-13,18H,8-11,14H2,1-3H3. The van der Waals surface area contributed by atoms with E-state index in [1.807, 2.05) is 19.1 Å². The number of benzene rings is 2. The average Bonchev–Trinajstić information content (AvgIpc) is 2.71. The van der Waals surface area contributed by atoms with Crippen molar-refractivity contribution in [1.82, 2.24) is 4.31 Å². The highest BCUT2D eigenvalue weighted by Crippen LogP contribution is 2.29. The van der Waals surface area contributed by atoms with E-state index < -0.39 is 26.8 Å². The van der Waals surface area contributed by atoms with Gasteiger partial charge in [-0.2, -0.15) is 4.31 Å². The molecule has 0 bridgehead atoms. The zero-order valence-corrected chi connectivity index (χ0v) is 18.6. The van der Waals surface area contributed by atoms with Crippen molar-refractivity contribution >= 4 is 21.7 Å². The van der Waals surface area contributed by atoms with Crippen molar-refractivity contribution in [3.05, 3.63) is 68.8 Å². The maximum atomic E-state index is 13.2. The Balaban J connectivity index is 1.63. The van der Waals surface area contributed by atoms with Crippen LogP contribution >= 0.6 is 0 Å². The summed E-state index contributed by atoms with van der Waals surface area (Å²) >= 11 is 0. The molecule has 0 saturated carbocycles. The van der Waals surface area contributed by atoms with Crippen LogP contribution in [0.1, 0.15) is 35.1 Å². The lowest BCUT2D eigenvalue weighted by Gasteiger charge is -2.31. The number of nitro benzene ring substituents is 1. The van der Waals surface area contributed by atoms with Crippen LogP contribution in [0, 0.1) is 36.8 Å². The molecule has 0 spiro atoms. The van der Waals surface area contributed by atoms with Crippen molar-refractivity contribution in [2.24, 2.45) is 5.92 Å². The van der Waals surface area contributed by atoms with Crippen LogP contribution in [0.2, 0.25) is 0 Å². The fraction of sp³-hybridized carbons (Fsp3) is 0.409. The molecule has 0 amide bonds. The molecular weight excluding hydrogens is 420 g/mol. The number of sulfonamides is 1. The number of nitrogens with zero attached hydrogens (tertiary/aromatic N) is 2. The van der Waals surface area contributed by atoms with Crippen molar-refractivity contribution in [3.63, 3.8) is 0 Å². The van der Waals surface area contributed by atoms with E-state index in [0.29, 0.717) is 34.4 Å². The average molecular weight is 447 g/mol. The minimum atomic E-state index is -3.65. The smallest absolute Gasteiger partial charge is 0.309 e. The van der Waals surface area contributed by atoms with E-state index in [9.17, 15) is 23.3 Å². The van der Waals surface area contributed by atoms with Crippen LogP contribution in [0.25, 0.3) is 0 Å². The second-order valence-corrected chi connectivity index (χ2v) is 9.77. The summed E-state index contributed by atoms with van der Waals surface area (Å²) in [7, 11) is -3.65. The number of aryl methyl sites for hydroxylation is 3. The second-order valence-electron chi connectivity index (χ2n) is 7.90. The van der Waals surface area contributed by atoms with Gasteiger partial charge in [-0.25, -0.2) is 8.42 Å². The van der Waals surface area contributed by atoms with Gasteiger partial charge in [0.2, 0.25) is 10.0 Å². The number of hydrogen-bond donors (Lipinski definition) is 0. The fourth-order valence-corrected chi connectivity index (χ4v) is 5.99. The Morgan fingerprint density at radius 2 is 1.71 bits per heavy atom. The first-order valence-electron chi connectivity index (χ1n) is 10.1. The first kappa shape index (κ1) is 22.9. The normalized spacial score (nSPS) is 15.6. The predicted octanol–water partition coefficient (Wildman–Crippen LogP) is 3.66. The van der Waals surface area contributed by atoms with Gasteiger partial charge in [0.15, 0.2) is 0 Å². The molecule has 0 aromatic heterocycles. The lowest BCUT2D eigenvalue weighted by Crippen LogP contribution is -2.41. The maximum absolute atomic E-state index is 13.2. The SMILES string of the molecule is Cc1cc(C)c(S(=O)(=O)N2CCC(C(=O)OCc3ccccc3[N+](=O)[O-])CC2)c(C)c1. The van der Waals surface area contributed by atoms with Crippen molar-refractivity contribution in [2.75, 3.05) is 13.1 Å². The molecule has 166 valence electrons. The van der Waals surface area contributed by atoms with Crippen molar-refractivity contribution in [2.45, 2.75) is 45.1 Å². The van der Waals surface area contributed by atoms with E-state index in [2.05, 4.69) is 0 Å². The molecule has 31 heavy (non-hydrogen) atoms. The molecule has 0 atom stereocenters. The monoisotopic (exact) mass is 446 g/mol. The summed E-state index contributed by atoms with van der Waals surface area (Å²) in [6, 6.07) is 9.82. The van der Waals surface area contributed by atoms with Crippen molar-refractivity contribution < 1.29 is 22.9 Å². The van der Waals surface area contributed by atoms with Gasteiger partial charge < -0.3 is 4.74 Å². The van der Waals surface area contributed by atoms with Gasteiger partial charge in [0.05, 0.1) is 21.3 Å². The molecule has 0 N–H and O–H groups in total. The third-order valence-corrected chi connectivity index (χ3v) is 7.75. The van der Waals surface area contributed by atoms with Gasteiger partial charge in [-0.1, -0.05) is 29.8 Å². The Kier molecular flexibility index (Phi) is 6.76. The van der Waals surface area contributed by atoms with Crippen LogP contribution in [-0.4, -0.2) is 36.7 Å². The van der Waals surface area contributed by atoms with Crippen LogP contribution < -0.4 is 0 Å². The Labute approximate surface area is 182 Å². The molecule has 2 aromatic rings. The van der Waals surface area contributed by atoms with Gasteiger partial charge in [-0.15, -0.1) is 0 Å². The van der Waals surface area contributed by atoms with Crippen LogP contribution in [-0.2, 0) is 26.2 Å². The molecule has 8 nitrogen and oxygen atoms in total. The zero-order chi connectivity index (χ0) is 22.8. The first-order chi connectivity index (χ1) is 14.6. The Bertz CT molecular complexity index is 1080. The number of carbonyl (C=O) groups is 1. The van der Waals surface area contributed by atoms with Gasteiger partial charge in [0.25, 0.3) is 5.69 Å². The number of esters is 1. The minimum Gasteiger partial charge on any atom is -0.460 e. The quantitative estimate of drug-likeness (QED) is 0.381. The topological polar surface area (TPSA) is 107 Å². The number of rotatable bonds is 6. The maximum Gasteiger partial charge on any atom is 0.309 e. The summed E-state index contributed by atoms with van der Waals surface area (Å²) in [5.41, 5.74) is 2.66. The number of para-hydroxylation sites is 1. The van der Waals surface area contributed by atoms with E-state index >= 15 is 0 Å². The predicted molar refractivity (Wildman–Crippen MR) is 115 cm³/mol. The molecular formula is C22H26N2O6S. The van der Waals surface area contributed by atoms with Crippen LogP contribution in [0.15, 0.2) is 41.3 Å². The number of carbonyl (C=O) groups excluding carboxylic acids is 1. The summed E-state index contributed by atoms with van der Waals surface area (Å²) in [4.78, 5) is 23.4. The number of nitro groups is 1. The highest BCUT2D eigenvalue weighted by molar-refractivity contribution is 7.89. The highest BCUT2D eigenvalue weighted by Gasteiger charge is 2.34. The van der Waals surface area contributed by atoms with Gasteiger partial charge in [0, 0.05) is 19.2 Å². The van der Waals surface area contributed by atoms with Gasteiger partial charge >= 0.3 is 5.97 Å². The summed E-state index contributed by atoms with van der Waals surface area (Å²) in [6.07, 6.45) is 0.692. The fourth-order valence-electron chi connectivity index (χ4n) is 4.11. The molecule has 1 aliphatic rings. The summed E-state index contributed by atoms with van der Waals surface area (Å²) < 4.78 is 33.1. The number of hydrogen-bond acceptors (Lipinski definition) is 6. The van der Waals surface area contributed by atoms with Crippen molar-refractivity contribution in [1.29, 1.82) is 0 Å². The molecule has 1 heterocycles. The van der Waals surface area contributed by atoms with Gasteiger partial charge in [0.1, 0.15) is 6.61 Å². The van der Waals surface area contributed by atoms with E-state index in [4.69, 9.17) is 4.74 Å². The number of ether oxygens (including phenoxy) is 1. The largest absolute Gasteiger partial charge is 0.460 e. The molecule has 0 unspecified atom stereocenters. The minimum absolute atomic E-state index is 0.0972. The van der Waals surface area contributed by atoms with Crippen LogP contribution in [0.5, 0.6) is 0 Å². The summed E-state index contributed by atoms with van der Waals surface area (Å²) in [5, 5.41) is 11.1. The van der Waals surface area contributed by atoms with E-state index in [1.54, 1.807) is 32.0 Å². The van der Waals surface area contributed by atoms with Crippen molar-refractivity contribution in [3.8, 4) is 0 Å². The van der Waals surface area contributed by atoms with Crippen LogP contribution in [0.3, 0.4) is 0 Å². The third kappa shape index (κ3) is 4.94. The Hall–Kier alpha value is -2.78. The molecule has 1 saturated heterocycles. The molecule has 3 rings (SSSR count). The second kappa shape index (κ2) is 9.15. The lowest BCUT2D eigenvalue weighted by atomic mass is 9.98. The summed E-state index contributed by atoms with van der Waals surface area (Å²) in [6.45, 7) is 5.77. The molecule has 1 fully saturated rings. The van der Waals surface area contributed by atoms with E-state index in [0.717, 1.165) is 5.56 Å². The lowest BCUT2D eigenvalue weighted by molar-refractivity contribution is -0.385. The van der Waals surface area contributed by atoms with Gasteiger partial charge in [-0.3, -0.25) is 14.9 Å². The van der Waals surface area contributed by atoms with Gasteiger partial charge in [-0.05, 0) is 50.8 Å².